The van der Waals surface area contributed by atoms with E-state index in [1.54, 1.807) is 6.20 Å². The van der Waals surface area contributed by atoms with Crippen molar-refractivity contribution >= 4 is 11.5 Å². The molecule has 0 unspecified atom stereocenters. The van der Waals surface area contributed by atoms with E-state index in [0.29, 0.717) is 6.54 Å². The van der Waals surface area contributed by atoms with Gasteiger partial charge in [-0.05, 0) is 18.2 Å². The SMILES string of the molecule is NCc1cccnc1Nc1ccc2c(c1)OCO2. The van der Waals surface area contributed by atoms with Crippen LogP contribution in [0.4, 0.5) is 11.5 Å². The first-order chi connectivity index (χ1) is 8.86. The standard InChI is InChI=1S/C13H13N3O2/c14-7-9-2-1-5-15-13(9)16-10-3-4-11-12(6-10)18-8-17-11/h1-6H,7-8,14H2,(H,15,16). The molecule has 2 aromatic rings. The molecule has 92 valence electrons. The van der Waals surface area contributed by atoms with Gasteiger partial charge < -0.3 is 20.5 Å². The van der Waals surface area contributed by atoms with Crippen LogP contribution in [0, 0.1) is 0 Å². The Morgan fingerprint density at radius 3 is 3.00 bits per heavy atom. The van der Waals surface area contributed by atoms with Gasteiger partial charge in [0.1, 0.15) is 5.82 Å². The number of nitrogens with two attached hydrogens (primary N) is 1. The molecule has 0 saturated heterocycles. The van der Waals surface area contributed by atoms with Crippen molar-refractivity contribution < 1.29 is 9.47 Å². The minimum atomic E-state index is 0.274. The second-order valence-electron chi connectivity index (χ2n) is 3.91. The van der Waals surface area contributed by atoms with Crippen molar-refractivity contribution in [2.75, 3.05) is 12.1 Å². The third-order valence-electron chi connectivity index (χ3n) is 2.75. The van der Waals surface area contributed by atoms with Crippen LogP contribution in [0.2, 0.25) is 0 Å². The fourth-order valence-corrected chi connectivity index (χ4v) is 1.83. The summed E-state index contributed by atoms with van der Waals surface area (Å²) >= 11 is 0. The first-order valence-electron chi connectivity index (χ1n) is 5.67. The lowest BCUT2D eigenvalue weighted by Crippen LogP contribution is -2.03. The summed E-state index contributed by atoms with van der Waals surface area (Å²) in [5.41, 5.74) is 7.53. The smallest absolute Gasteiger partial charge is 0.231 e. The van der Waals surface area contributed by atoms with E-state index in [2.05, 4.69) is 10.3 Å². The van der Waals surface area contributed by atoms with E-state index in [1.807, 2.05) is 30.3 Å². The van der Waals surface area contributed by atoms with Crippen molar-refractivity contribution in [2.24, 2.45) is 5.73 Å². The van der Waals surface area contributed by atoms with Gasteiger partial charge in [0.2, 0.25) is 6.79 Å². The van der Waals surface area contributed by atoms with E-state index in [-0.39, 0.29) is 6.79 Å². The molecule has 0 bridgehead atoms. The predicted molar refractivity (Wildman–Crippen MR) is 68.0 cm³/mol. The van der Waals surface area contributed by atoms with Crippen LogP contribution in [0.5, 0.6) is 11.5 Å². The number of ether oxygens (including phenoxy) is 2. The number of rotatable bonds is 3. The number of anilines is 2. The zero-order valence-corrected chi connectivity index (χ0v) is 9.72. The number of fused-ring (bicyclic) bond motifs is 1. The van der Waals surface area contributed by atoms with Crippen LogP contribution < -0.4 is 20.5 Å². The summed E-state index contributed by atoms with van der Waals surface area (Å²) in [6, 6.07) is 9.49. The maximum atomic E-state index is 5.67. The van der Waals surface area contributed by atoms with Crippen molar-refractivity contribution in [1.29, 1.82) is 0 Å². The molecule has 0 saturated carbocycles. The first-order valence-corrected chi connectivity index (χ1v) is 5.67. The fourth-order valence-electron chi connectivity index (χ4n) is 1.83. The molecule has 3 rings (SSSR count). The van der Waals surface area contributed by atoms with Crippen LogP contribution in [-0.4, -0.2) is 11.8 Å². The summed E-state index contributed by atoms with van der Waals surface area (Å²) in [5.74, 6) is 2.27. The van der Waals surface area contributed by atoms with Crippen LogP contribution in [0.1, 0.15) is 5.56 Å². The lowest BCUT2D eigenvalue weighted by Gasteiger charge is -2.09. The van der Waals surface area contributed by atoms with Gasteiger partial charge in [0.25, 0.3) is 0 Å². The maximum absolute atomic E-state index is 5.67. The minimum Gasteiger partial charge on any atom is -0.454 e. The Hall–Kier alpha value is -2.27. The van der Waals surface area contributed by atoms with E-state index in [4.69, 9.17) is 15.2 Å². The monoisotopic (exact) mass is 243 g/mol. The Morgan fingerprint density at radius 1 is 1.22 bits per heavy atom. The van der Waals surface area contributed by atoms with Gasteiger partial charge in [-0.3, -0.25) is 0 Å². The van der Waals surface area contributed by atoms with Crippen molar-refractivity contribution in [1.82, 2.24) is 4.98 Å². The molecule has 3 N–H and O–H groups in total. The second-order valence-corrected chi connectivity index (χ2v) is 3.91. The third-order valence-corrected chi connectivity index (χ3v) is 2.75. The first kappa shape index (κ1) is 10.9. The van der Waals surface area contributed by atoms with Gasteiger partial charge in [0, 0.05) is 30.1 Å². The summed E-state index contributed by atoms with van der Waals surface area (Å²) in [6.45, 7) is 0.719. The van der Waals surface area contributed by atoms with Gasteiger partial charge in [-0.15, -0.1) is 0 Å². The molecule has 0 fully saturated rings. The van der Waals surface area contributed by atoms with E-state index in [0.717, 1.165) is 28.6 Å². The van der Waals surface area contributed by atoms with E-state index in [9.17, 15) is 0 Å². The number of hydrogen-bond donors (Lipinski definition) is 2. The van der Waals surface area contributed by atoms with Gasteiger partial charge in [0.15, 0.2) is 11.5 Å². The molecule has 1 aliphatic rings. The molecule has 0 aliphatic carbocycles. The quantitative estimate of drug-likeness (QED) is 0.863. The topological polar surface area (TPSA) is 69.4 Å². The highest BCUT2D eigenvalue weighted by Crippen LogP contribution is 2.35. The van der Waals surface area contributed by atoms with Crippen molar-refractivity contribution in [3.63, 3.8) is 0 Å². The summed E-state index contributed by atoms with van der Waals surface area (Å²) in [4.78, 5) is 4.28. The normalized spacial score (nSPS) is 12.5. The fraction of sp³-hybridized carbons (Fsp3) is 0.154. The van der Waals surface area contributed by atoms with Gasteiger partial charge >= 0.3 is 0 Å². The molecule has 0 atom stereocenters. The lowest BCUT2D eigenvalue weighted by molar-refractivity contribution is 0.174. The van der Waals surface area contributed by atoms with Gasteiger partial charge in [0.05, 0.1) is 0 Å². The van der Waals surface area contributed by atoms with Crippen LogP contribution in [0.25, 0.3) is 0 Å². The Morgan fingerprint density at radius 2 is 2.11 bits per heavy atom. The highest BCUT2D eigenvalue weighted by Gasteiger charge is 2.13. The number of benzene rings is 1. The Kier molecular flexibility index (Phi) is 2.74. The Bertz CT molecular complexity index is 572. The predicted octanol–water partition coefficient (Wildman–Crippen LogP) is 2.01. The lowest BCUT2D eigenvalue weighted by atomic mass is 10.2. The number of nitrogens with zero attached hydrogens (tertiary/aromatic N) is 1. The molecule has 1 aromatic carbocycles. The molecule has 1 aromatic heterocycles. The van der Waals surface area contributed by atoms with Gasteiger partial charge in [-0.25, -0.2) is 4.98 Å². The zero-order chi connectivity index (χ0) is 12.4. The molecule has 0 radical (unpaired) electrons. The van der Waals surface area contributed by atoms with E-state index in [1.165, 1.54) is 0 Å². The number of pyridine rings is 1. The van der Waals surface area contributed by atoms with E-state index >= 15 is 0 Å². The van der Waals surface area contributed by atoms with Crippen LogP contribution in [0.15, 0.2) is 36.5 Å². The molecule has 0 amide bonds. The largest absolute Gasteiger partial charge is 0.454 e. The molecule has 5 nitrogen and oxygen atoms in total. The summed E-state index contributed by atoms with van der Waals surface area (Å²) < 4.78 is 10.6. The second kappa shape index (κ2) is 4.54. The number of hydrogen-bond acceptors (Lipinski definition) is 5. The van der Waals surface area contributed by atoms with Crippen LogP contribution in [0.3, 0.4) is 0 Å². The van der Waals surface area contributed by atoms with Crippen LogP contribution in [-0.2, 0) is 6.54 Å². The van der Waals surface area contributed by atoms with E-state index < -0.39 is 0 Å². The average molecular weight is 243 g/mol. The average Bonchev–Trinajstić information content (AvgIpc) is 2.87. The number of nitrogens with one attached hydrogen (secondary N) is 1. The molecule has 0 spiro atoms. The molecular formula is C13H13N3O2. The molecular weight excluding hydrogens is 230 g/mol. The molecule has 2 heterocycles. The Labute approximate surface area is 105 Å². The Balaban J connectivity index is 1.88. The molecule has 18 heavy (non-hydrogen) atoms. The third kappa shape index (κ3) is 1.96. The highest BCUT2D eigenvalue weighted by molar-refractivity contribution is 5.63. The zero-order valence-electron chi connectivity index (χ0n) is 9.72. The maximum Gasteiger partial charge on any atom is 0.231 e. The minimum absolute atomic E-state index is 0.274. The van der Waals surface area contributed by atoms with Crippen LogP contribution >= 0.6 is 0 Å². The van der Waals surface area contributed by atoms with Gasteiger partial charge in [-0.2, -0.15) is 0 Å². The summed E-state index contributed by atoms with van der Waals surface area (Å²) in [7, 11) is 0. The molecule has 1 aliphatic heterocycles. The highest BCUT2D eigenvalue weighted by atomic mass is 16.7. The summed E-state index contributed by atoms with van der Waals surface area (Å²) in [6.07, 6.45) is 1.73. The van der Waals surface area contributed by atoms with Crippen molar-refractivity contribution in [3.8, 4) is 11.5 Å². The number of aromatic nitrogens is 1. The van der Waals surface area contributed by atoms with Crippen molar-refractivity contribution in [3.05, 3.63) is 42.1 Å². The molecule has 5 heteroatoms. The van der Waals surface area contributed by atoms with Gasteiger partial charge in [-0.1, -0.05) is 6.07 Å². The van der Waals surface area contributed by atoms with Crippen molar-refractivity contribution in [2.45, 2.75) is 6.54 Å². The summed E-state index contributed by atoms with van der Waals surface area (Å²) in [5, 5.41) is 3.23.